The van der Waals surface area contributed by atoms with Crippen molar-refractivity contribution in [2.45, 2.75) is 45.1 Å². The van der Waals surface area contributed by atoms with Crippen LogP contribution in [0.3, 0.4) is 0 Å². The van der Waals surface area contributed by atoms with Crippen LogP contribution in [0.5, 0.6) is 0 Å². The van der Waals surface area contributed by atoms with Crippen molar-refractivity contribution in [2.24, 2.45) is 0 Å². The van der Waals surface area contributed by atoms with Crippen LogP contribution in [-0.4, -0.2) is 61.8 Å². The van der Waals surface area contributed by atoms with Crippen molar-refractivity contribution in [3.8, 4) is 0 Å². The van der Waals surface area contributed by atoms with Gasteiger partial charge in [0.1, 0.15) is 5.76 Å². The van der Waals surface area contributed by atoms with E-state index in [-0.39, 0.29) is 25.0 Å². The minimum Gasteiger partial charge on any atom is -0.481 e. The first kappa shape index (κ1) is 24.5. The van der Waals surface area contributed by atoms with Crippen LogP contribution in [0.4, 0.5) is 22.0 Å². The molecular weight excluding hydrogens is 428 g/mol. The van der Waals surface area contributed by atoms with Crippen molar-refractivity contribution in [1.82, 2.24) is 5.16 Å². The van der Waals surface area contributed by atoms with Gasteiger partial charge < -0.3 is 29.3 Å². The first-order valence-electron chi connectivity index (χ1n) is 11.1. The molecule has 2 aromatic rings. The van der Waals surface area contributed by atoms with E-state index in [0.717, 1.165) is 30.6 Å². The maximum absolute atomic E-state index is 12.8. The Morgan fingerprint density at radius 3 is 2.64 bits per heavy atom. The van der Waals surface area contributed by atoms with E-state index in [0.29, 0.717) is 30.5 Å². The summed E-state index contributed by atoms with van der Waals surface area (Å²) in [6, 6.07) is 7.12. The molecule has 2 amide bonds. The topological polar surface area (TPSA) is 126 Å². The molecule has 180 valence electrons. The number of aliphatic carboxylic acids is 1. The van der Waals surface area contributed by atoms with Crippen molar-refractivity contribution in [1.29, 1.82) is 0 Å². The van der Waals surface area contributed by atoms with E-state index in [2.05, 4.69) is 27.6 Å². The van der Waals surface area contributed by atoms with Gasteiger partial charge in [0, 0.05) is 44.9 Å². The van der Waals surface area contributed by atoms with Gasteiger partial charge in [-0.2, -0.15) is 0 Å². The van der Waals surface area contributed by atoms with Gasteiger partial charge in [-0.3, -0.25) is 10.1 Å². The van der Waals surface area contributed by atoms with Crippen LogP contribution >= 0.6 is 0 Å². The molecule has 0 aliphatic carbocycles. The summed E-state index contributed by atoms with van der Waals surface area (Å²) in [6.07, 6.45) is 1.71. The summed E-state index contributed by atoms with van der Waals surface area (Å²) >= 11 is 0. The maximum Gasteiger partial charge on any atom is 0.325 e. The fourth-order valence-corrected chi connectivity index (χ4v) is 4.16. The van der Waals surface area contributed by atoms with Crippen LogP contribution < -0.4 is 15.5 Å². The molecule has 0 spiro atoms. The Bertz CT molecular complexity index is 941. The third kappa shape index (κ3) is 6.69. The Labute approximate surface area is 193 Å². The lowest BCUT2D eigenvalue weighted by Crippen LogP contribution is -2.40. The van der Waals surface area contributed by atoms with Gasteiger partial charge in [-0.05, 0) is 44.4 Å². The van der Waals surface area contributed by atoms with Crippen LogP contribution in [0.15, 0.2) is 28.8 Å². The molecule has 0 unspecified atom stereocenters. The largest absolute Gasteiger partial charge is 0.481 e. The number of carbonyl (C=O) groups excluding carboxylic acids is 1. The Morgan fingerprint density at radius 1 is 1.27 bits per heavy atom. The zero-order valence-corrected chi connectivity index (χ0v) is 19.3. The molecular formula is C23H32N4O6. The van der Waals surface area contributed by atoms with Crippen molar-refractivity contribution in [2.75, 3.05) is 49.0 Å². The van der Waals surface area contributed by atoms with Gasteiger partial charge in [0.15, 0.2) is 5.82 Å². The first-order valence-corrected chi connectivity index (χ1v) is 11.1. The average molecular weight is 461 g/mol. The van der Waals surface area contributed by atoms with Crippen LogP contribution in [0.25, 0.3) is 0 Å². The maximum atomic E-state index is 12.8. The summed E-state index contributed by atoms with van der Waals surface area (Å²) in [7, 11) is 1.54. The number of ether oxygens (including phenoxy) is 2. The van der Waals surface area contributed by atoms with Gasteiger partial charge in [0.05, 0.1) is 24.4 Å². The van der Waals surface area contributed by atoms with Gasteiger partial charge in [-0.15, -0.1) is 0 Å². The standard InChI is InChI=1S/C23H32N4O6/c1-4-27(18-7-9-32-10-8-18)20-6-5-16(17(14-31-3)13-22(28)29)12-19(20)24-23(30)25-21-11-15(2)33-26-21/h5-6,11-12,17-18H,4,7-10,13-14H2,1-3H3,(H,28,29)(H2,24,25,26,30)/t17-/m0/s1. The van der Waals surface area contributed by atoms with Gasteiger partial charge in [-0.1, -0.05) is 11.2 Å². The molecule has 1 aliphatic rings. The number of aryl methyl sites for hydroxylation is 1. The molecule has 3 rings (SSSR count). The summed E-state index contributed by atoms with van der Waals surface area (Å²) in [5, 5.41) is 18.7. The number of aromatic nitrogens is 1. The molecule has 10 heteroatoms. The van der Waals surface area contributed by atoms with Crippen molar-refractivity contribution in [3.05, 3.63) is 35.6 Å². The Hall–Kier alpha value is -3.11. The molecule has 1 aromatic heterocycles. The average Bonchev–Trinajstić information content (AvgIpc) is 3.19. The SMILES string of the molecule is CCN(c1ccc([C@H](COC)CC(=O)O)cc1NC(=O)Nc1cc(C)on1)C1CCOCC1. The zero-order valence-electron chi connectivity index (χ0n) is 19.3. The predicted octanol–water partition coefficient (Wildman–Crippen LogP) is 3.84. The summed E-state index contributed by atoms with van der Waals surface area (Å²) in [5.74, 6) is -0.364. The molecule has 0 saturated carbocycles. The lowest BCUT2D eigenvalue weighted by molar-refractivity contribution is -0.137. The minimum atomic E-state index is -0.910. The van der Waals surface area contributed by atoms with Gasteiger partial charge in [0.2, 0.25) is 0 Å². The highest BCUT2D eigenvalue weighted by Gasteiger charge is 2.25. The van der Waals surface area contributed by atoms with E-state index in [9.17, 15) is 14.7 Å². The number of hydrogen-bond donors (Lipinski definition) is 3. The third-order valence-electron chi connectivity index (χ3n) is 5.68. The smallest absolute Gasteiger partial charge is 0.325 e. The van der Waals surface area contributed by atoms with E-state index in [4.69, 9.17) is 14.0 Å². The second-order valence-corrected chi connectivity index (χ2v) is 8.06. The second kappa shape index (κ2) is 11.7. The number of nitrogens with zero attached hydrogens (tertiary/aromatic N) is 2. The highest BCUT2D eigenvalue weighted by Crippen LogP contribution is 2.34. The number of methoxy groups -OCH3 is 1. The highest BCUT2D eigenvalue weighted by molar-refractivity contribution is 6.01. The van der Waals surface area contributed by atoms with Crippen molar-refractivity contribution in [3.63, 3.8) is 0 Å². The van der Waals surface area contributed by atoms with Crippen LogP contribution in [0.2, 0.25) is 0 Å². The minimum absolute atomic E-state index is 0.0749. The summed E-state index contributed by atoms with van der Waals surface area (Å²) in [5.41, 5.74) is 2.23. The highest BCUT2D eigenvalue weighted by atomic mass is 16.5. The number of hydrogen-bond acceptors (Lipinski definition) is 7. The monoisotopic (exact) mass is 460 g/mol. The van der Waals surface area contributed by atoms with E-state index < -0.39 is 12.0 Å². The normalized spacial score (nSPS) is 15.1. The lowest BCUT2D eigenvalue weighted by atomic mass is 9.95. The van der Waals surface area contributed by atoms with E-state index in [1.807, 2.05) is 18.2 Å². The number of carboxylic acid groups (broad SMARTS) is 1. The number of amides is 2. The van der Waals surface area contributed by atoms with Crippen molar-refractivity contribution >= 4 is 29.2 Å². The summed E-state index contributed by atoms with van der Waals surface area (Å²) < 4.78 is 15.8. The third-order valence-corrected chi connectivity index (χ3v) is 5.68. The molecule has 1 fully saturated rings. The lowest BCUT2D eigenvalue weighted by Gasteiger charge is -2.36. The molecule has 1 aromatic carbocycles. The summed E-state index contributed by atoms with van der Waals surface area (Å²) in [6.45, 7) is 6.21. The zero-order chi connectivity index (χ0) is 23.8. The fourth-order valence-electron chi connectivity index (χ4n) is 4.16. The Balaban J connectivity index is 1.92. The summed E-state index contributed by atoms with van der Waals surface area (Å²) in [4.78, 5) is 26.4. The number of nitrogens with one attached hydrogen (secondary N) is 2. The van der Waals surface area contributed by atoms with Gasteiger partial charge >= 0.3 is 12.0 Å². The second-order valence-electron chi connectivity index (χ2n) is 8.06. The number of rotatable bonds is 10. The first-order chi connectivity index (χ1) is 15.9. The molecule has 0 radical (unpaired) electrons. The molecule has 0 bridgehead atoms. The van der Waals surface area contributed by atoms with E-state index in [1.54, 1.807) is 20.1 Å². The van der Waals surface area contributed by atoms with E-state index >= 15 is 0 Å². The Morgan fingerprint density at radius 2 is 2.03 bits per heavy atom. The van der Waals surface area contributed by atoms with Crippen LogP contribution in [0.1, 0.15) is 43.4 Å². The molecule has 3 N–H and O–H groups in total. The molecule has 1 saturated heterocycles. The number of urea groups is 1. The molecule has 33 heavy (non-hydrogen) atoms. The Kier molecular flexibility index (Phi) is 8.67. The quantitative estimate of drug-likeness (QED) is 0.488. The van der Waals surface area contributed by atoms with E-state index in [1.165, 1.54) is 0 Å². The fraction of sp³-hybridized carbons (Fsp3) is 0.522. The van der Waals surface area contributed by atoms with Crippen molar-refractivity contribution < 1.29 is 28.7 Å². The van der Waals surface area contributed by atoms with Crippen LogP contribution in [-0.2, 0) is 14.3 Å². The number of anilines is 3. The van der Waals surface area contributed by atoms with Gasteiger partial charge in [-0.25, -0.2) is 4.79 Å². The number of benzene rings is 1. The van der Waals surface area contributed by atoms with Crippen LogP contribution in [0, 0.1) is 6.92 Å². The molecule has 10 nitrogen and oxygen atoms in total. The predicted molar refractivity (Wildman–Crippen MR) is 124 cm³/mol. The molecule has 2 heterocycles. The van der Waals surface area contributed by atoms with Gasteiger partial charge in [0.25, 0.3) is 0 Å². The number of carbonyl (C=O) groups is 2. The number of carboxylic acids is 1. The molecule has 1 aliphatic heterocycles. The molecule has 1 atom stereocenters.